The van der Waals surface area contributed by atoms with Gasteiger partial charge in [0, 0.05) is 0 Å². The fraction of sp³-hybridized carbons (Fsp3) is 1.00. The van der Waals surface area contributed by atoms with E-state index in [0.29, 0.717) is 0 Å². The summed E-state index contributed by atoms with van der Waals surface area (Å²) in [5.41, 5.74) is 0. The Balaban J connectivity index is 5.30. The predicted octanol–water partition coefficient (Wildman–Crippen LogP) is 5.89. The van der Waals surface area contributed by atoms with Crippen molar-refractivity contribution >= 4 is 98.5 Å². The van der Waals surface area contributed by atoms with Gasteiger partial charge < -0.3 is 0 Å². The van der Waals surface area contributed by atoms with Crippen LogP contribution in [0, 0.1) is 0 Å². The van der Waals surface area contributed by atoms with Crippen molar-refractivity contribution in [3.05, 3.63) is 0 Å². The summed E-state index contributed by atoms with van der Waals surface area (Å²) in [6.07, 6.45) is -4.68. The molecule has 10 heteroatoms. The SMILES string of the molecule is FC(F)(F)C(Br)(Br)C(Br)(Br)C(Cl)(Cl)Cl. The fourth-order valence-corrected chi connectivity index (χ4v) is 2.51. The maximum Gasteiger partial charge on any atom is 0.415 e. The Morgan fingerprint density at radius 2 is 1.00 bits per heavy atom. The largest absolute Gasteiger partial charge is 0.415 e. The van der Waals surface area contributed by atoms with Crippen molar-refractivity contribution in [3.63, 3.8) is 0 Å². The zero-order chi connectivity index (χ0) is 12.0. The molecule has 0 aliphatic carbocycles. The van der Waals surface area contributed by atoms with Gasteiger partial charge in [0.15, 0.2) is 3.23 Å². The third-order valence-electron chi connectivity index (χ3n) is 1.11. The van der Waals surface area contributed by atoms with E-state index in [1.165, 1.54) is 0 Å². The van der Waals surface area contributed by atoms with Gasteiger partial charge in [-0.1, -0.05) is 98.5 Å². The Bertz CT molecular complexity index is 197. The normalized spacial score (nSPS) is 15.9. The van der Waals surface area contributed by atoms with Crippen molar-refractivity contribution < 1.29 is 13.2 Å². The third kappa shape index (κ3) is 3.07. The van der Waals surface area contributed by atoms with Crippen LogP contribution in [0.4, 0.5) is 13.2 Å². The smallest absolute Gasteiger partial charge is 0.168 e. The summed E-state index contributed by atoms with van der Waals surface area (Å²) in [6.45, 7) is 0. The van der Waals surface area contributed by atoms with Crippen LogP contribution in [0.5, 0.6) is 0 Å². The molecule has 0 aliphatic heterocycles. The maximum atomic E-state index is 12.5. The second-order valence-electron chi connectivity index (χ2n) is 2.14. The Labute approximate surface area is 127 Å². The summed E-state index contributed by atoms with van der Waals surface area (Å²) >= 11 is 26.3. The van der Waals surface area contributed by atoms with Crippen LogP contribution in [-0.4, -0.2) is 16.4 Å². The summed E-state index contributed by atoms with van der Waals surface area (Å²) in [4.78, 5) is 0. The Morgan fingerprint density at radius 3 is 1.07 bits per heavy atom. The number of alkyl halides is 10. The standard InChI is InChI=1S/C4Br4Cl3F3/c5-1(6,3(9,10)11)2(7,8)4(12,13)14. The lowest BCUT2D eigenvalue weighted by atomic mass is 10.3. The quantitative estimate of drug-likeness (QED) is 0.371. The van der Waals surface area contributed by atoms with Crippen LogP contribution in [0.15, 0.2) is 0 Å². The highest BCUT2D eigenvalue weighted by atomic mass is 79.9. The Morgan fingerprint density at radius 1 is 0.714 bits per heavy atom. The third-order valence-corrected chi connectivity index (χ3v) is 9.92. The van der Waals surface area contributed by atoms with Crippen LogP contribution in [0.1, 0.15) is 0 Å². The van der Waals surface area contributed by atoms with Gasteiger partial charge in [-0.3, -0.25) is 0 Å². The fourth-order valence-electron chi connectivity index (χ4n) is 0.356. The van der Waals surface area contributed by atoms with Crippen LogP contribution < -0.4 is 0 Å². The van der Waals surface area contributed by atoms with Crippen molar-refractivity contribution in [1.29, 1.82) is 0 Å². The molecule has 86 valence electrons. The van der Waals surface area contributed by atoms with Crippen LogP contribution in [0.25, 0.3) is 0 Å². The highest BCUT2D eigenvalue weighted by Gasteiger charge is 2.69. The van der Waals surface area contributed by atoms with E-state index in [1.54, 1.807) is 0 Å². The molecule has 0 atom stereocenters. The number of hydrogen-bond donors (Lipinski definition) is 0. The first-order chi connectivity index (χ1) is 5.75. The van der Waals surface area contributed by atoms with Gasteiger partial charge in [-0.2, -0.15) is 13.2 Å². The zero-order valence-corrected chi connectivity index (χ0v) is 14.4. The topological polar surface area (TPSA) is 0 Å². The predicted molar refractivity (Wildman–Crippen MR) is 67.5 cm³/mol. The minimum Gasteiger partial charge on any atom is -0.168 e. The van der Waals surface area contributed by atoms with E-state index in [0.717, 1.165) is 0 Å². The average molecular weight is 531 g/mol. The Hall–Kier alpha value is 2.58. The van der Waals surface area contributed by atoms with Crippen molar-refractivity contribution in [2.24, 2.45) is 0 Å². The maximum absolute atomic E-state index is 12.5. The van der Waals surface area contributed by atoms with Crippen molar-refractivity contribution in [2.45, 2.75) is 16.4 Å². The minimum absolute atomic E-state index is 2.05. The van der Waals surface area contributed by atoms with Gasteiger partial charge in [-0.15, -0.1) is 0 Å². The summed E-state index contributed by atoms with van der Waals surface area (Å²) < 4.78 is 30.7. The molecule has 0 saturated heterocycles. The molecule has 0 nitrogen and oxygen atoms in total. The van der Waals surface area contributed by atoms with Gasteiger partial charge in [0.2, 0.25) is 7.03 Å². The molecular weight excluding hydrogens is 531 g/mol. The first-order valence-electron chi connectivity index (χ1n) is 2.64. The first kappa shape index (κ1) is 16.6. The van der Waals surface area contributed by atoms with Crippen molar-refractivity contribution in [1.82, 2.24) is 0 Å². The monoisotopic (exact) mass is 526 g/mol. The summed E-state index contributed by atoms with van der Waals surface area (Å²) in [7, 11) is 0. The van der Waals surface area contributed by atoms with Crippen LogP contribution in [0.2, 0.25) is 0 Å². The highest BCUT2D eigenvalue weighted by Crippen LogP contribution is 2.64. The molecule has 0 aliphatic rings. The molecule has 0 radical (unpaired) electrons. The van der Waals surface area contributed by atoms with Crippen molar-refractivity contribution in [2.75, 3.05) is 0 Å². The average Bonchev–Trinajstić information content (AvgIpc) is 1.81. The van der Waals surface area contributed by atoms with Crippen LogP contribution in [0.3, 0.4) is 0 Å². The second kappa shape index (κ2) is 4.69. The lowest BCUT2D eigenvalue weighted by Gasteiger charge is -2.40. The van der Waals surface area contributed by atoms with E-state index in [4.69, 9.17) is 34.8 Å². The Kier molecular flexibility index (Phi) is 5.55. The first-order valence-corrected chi connectivity index (χ1v) is 6.95. The molecule has 0 saturated carbocycles. The molecule has 0 unspecified atom stereocenters. The van der Waals surface area contributed by atoms with Crippen LogP contribution >= 0.6 is 98.5 Å². The number of halogens is 10. The van der Waals surface area contributed by atoms with E-state index in [2.05, 4.69) is 63.7 Å². The van der Waals surface area contributed by atoms with E-state index < -0.39 is 16.4 Å². The van der Waals surface area contributed by atoms with Crippen molar-refractivity contribution in [3.8, 4) is 0 Å². The van der Waals surface area contributed by atoms with Gasteiger partial charge in [0.05, 0.1) is 0 Å². The van der Waals surface area contributed by atoms with E-state index >= 15 is 0 Å². The van der Waals surface area contributed by atoms with Gasteiger partial charge in [-0.05, 0) is 0 Å². The highest BCUT2D eigenvalue weighted by molar-refractivity contribution is 9.30. The van der Waals surface area contributed by atoms with E-state index in [1.807, 2.05) is 0 Å². The van der Waals surface area contributed by atoms with Gasteiger partial charge in [-0.25, -0.2) is 0 Å². The molecule has 0 N–H and O–H groups in total. The van der Waals surface area contributed by atoms with Gasteiger partial charge >= 0.3 is 6.18 Å². The number of hydrogen-bond acceptors (Lipinski definition) is 0. The minimum atomic E-state index is -4.68. The van der Waals surface area contributed by atoms with Gasteiger partial charge in [0.1, 0.15) is 0 Å². The molecule has 0 rings (SSSR count). The molecular formula is C4Br4Cl3F3. The van der Waals surface area contributed by atoms with E-state index in [9.17, 15) is 13.2 Å². The molecule has 0 aromatic carbocycles. The molecule has 0 spiro atoms. The van der Waals surface area contributed by atoms with Gasteiger partial charge in [0.25, 0.3) is 0 Å². The molecule has 0 aromatic rings. The summed E-state index contributed by atoms with van der Waals surface area (Å²) in [5.74, 6) is 0. The number of rotatable bonds is 1. The molecule has 0 bridgehead atoms. The molecule has 0 aromatic heterocycles. The zero-order valence-electron chi connectivity index (χ0n) is 5.78. The molecule has 14 heavy (non-hydrogen) atoms. The molecule has 0 fully saturated rings. The summed E-state index contributed by atoms with van der Waals surface area (Å²) in [5, 5.41) is 0. The van der Waals surface area contributed by atoms with E-state index in [-0.39, 0.29) is 0 Å². The van der Waals surface area contributed by atoms with Crippen LogP contribution in [-0.2, 0) is 0 Å². The summed E-state index contributed by atoms with van der Waals surface area (Å²) in [6, 6.07) is 0. The lowest BCUT2D eigenvalue weighted by Crippen LogP contribution is -2.53. The lowest BCUT2D eigenvalue weighted by molar-refractivity contribution is -0.134. The second-order valence-corrected chi connectivity index (χ2v) is 11.3. The molecule has 0 amide bonds. The molecule has 0 heterocycles.